The molecule has 0 atom stereocenters. The fraction of sp³-hybridized carbons (Fsp3) is 0.125. The molecule has 31 heavy (non-hydrogen) atoms. The first-order chi connectivity index (χ1) is 15.0. The molecule has 2 aromatic carbocycles. The van der Waals surface area contributed by atoms with Crippen LogP contribution in [0.5, 0.6) is 11.5 Å². The van der Waals surface area contributed by atoms with Gasteiger partial charge in [-0.15, -0.1) is 0 Å². The van der Waals surface area contributed by atoms with Crippen molar-refractivity contribution in [1.82, 2.24) is 4.98 Å². The molecule has 1 aromatic heterocycles. The molecule has 0 aliphatic carbocycles. The summed E-state index contributed by atoms with van der Waals surface area (Å²) in [6.45, 7) is -0.0120. The number of halogens is 1. The van der Waals surface area contributed by atoms with E-state index in [1.165, 1.54) is 19.3 Å². The van der Waals surface area contributed by atoms with Gasteiger partial charge in [-0.3, -0.25) is 9.78 Å². The van der Waals surface area contributed by atoms with E-state index in [2.05, 4.69) is 4.98 Å². The van der Waals surface area contributed by atoms with Crippen LogP contribution in [0.1, 0.15) is 21.6 Å². The van der Waals surface area contributed by atoms with Crippen LogP contribution < -0.4 is 9.47 Å². The summed E-state index contributed by atoms with van der Waals surface area (Å²) in [5, 5.41) is 0.312. The molecule has 0 fully saturated rings. The second-order valence-corrected chi connectivity index (χ2v) is 6.80. The minimum Gasteiger partial charge on any atom is -0.495 e. The average Bonchev–Trinajstić information content (AvgIpc) is 2.81. The van der Waals surface area contributed by atoms with Crippen LogP contribution in [0, 0.1) is 0 Å². The van der Waals surface area contributed by atoms with Crippen LogP contribution in [0.3, 0.4) is 0 Å². The fourth-order valence-corrected chi connectivity index (χ4v) is 2.85. The molecule has 0 aliphatic rings. The van der Waals surface area contributed by atoms with E-state index in [1.54, 1.807) is 36.5 Å². The monoisotopic (exact) mass is 437 g/mol. The van der Waals surface area contributed by atoms with Crippen molar-refractivity contribution in [2.75, 3.05) is 13.7 Å². The Morgan fingerprint density at radius 3 is 2.55 bits per heavy atom. The highest BCUT2D eigenvalue weighted by Gasteiger charge is 2.11. The molecule has 0 saturated heterocycles. The van der Waals surface area contributed by atoms with Gasteiger partial charge in [0.05, 0.1) is 17.8 Å². The maximum atomic E-state index is 12.2. The summed E-state index contributed by atoms with van der Waals surface area (Å²) in [5.74, 6) is 0.171. The van der Waals surface area contributed by atoms with Crippen LogP contribution in [0.2, 0.25) is 5.02 Å². The predicted molar refractivity (Wildman–Crippen MR) is 117 cm³/mol. The molecule has 7 heteroatoms. The first-order valence-corrected chi connectivity index (χ1v) is 9.77. The van der Waals surface area contributed by atoms with Gasteiger partial charge in [0.25, 0.3) is 0 Å². The van der Waals surface area contributed by atoms with E-state index in [0.717, 1.165) is 11.3 Å². The number of hydrogen-bond acceptors (Lipinski definition) is 6. The Morgan fingerprint density at radius 2 is 1.87 bits per heavy atom. The Labute approximate surface area is 185 Å². The van der Waals surface area contributed by atoms with E-state index in [0.29, 0.717) is 28.7 Å². The summed E-state index contributed by atoms with van der Waals surface area (Å²) in [7, 11) is 1.49. The van der Waals surface area contributed by atoms with Gasteiger partial charge in [-0.1, -0.05) is 29.8 Å². The quantitative estimate of drug-likeness (QED) is 0.273. The van der Waals surface area contributed by atoms with Gasteiger partial charge >= 0.3 is 5.97 Å². The van der Waals surface area contributed by atoms with Crippen LogP contribution >= 0.6 is 11.6 Å². The molecule has 0 bridgehead atoms. The van der Waals surface area contributed by atoms with Crippen LogP contribution in [0.15, 0.2) is 72.9 Å². The summed E-state index contributed by atoms with van der Waals surface area (Å²) in [5.41, 5.74) is 1.96. The average molecular weight is 438 g/mol. The molecule has 158 valence electrons. The van der Waals surface area contributed by atoms with Crippen molar-refractivity contribution in [3.8, 4) is 11.5 Å². The topological polar surface area (TPSA) is 74.7 Å². The maximum Gasteiger partial charge on any atom is 0.331 e. The fourth-order valence-electron chi connectivity index (χ4n) is 2.59. The van der Waals surface area contributed by atoms with Gasteiger partial charge in [0.1, 0.15) is 18.1 Å². The smallest absolute Gasteiger partial charge is 0.331 e. The van der Waals surface area contributed by atoms with Crippen LogP contribution in [0.4, 0.5) is 0 Å². The number of Topliss-reactive ketones (excluding diaryl/α,β-unsaturated/α-hetero) is 1. The second-order valence-electron chi connectivity index (χ2n) is 6.39. The highest BCUT2D eigenvalue weighted by molar-refractivity contribution is 6.32. The number of rotatable bonds is 9. The van der Waals surface area contributed by atoms with Gasteiger partial charge in [0, 0.05) is 17.8 Å². The van der Waals surface area contributed by atoms with Gasteiger partial charge < -0.3 is 14.2 Å². The number of methoxy groups -OCH3 is 1. The lowest BCUT2D eigenvalue weighted by Gasteiger charge is -2.06. The molecule has 0 aliphatic heterocycles. The molecule has 0 amide bonds. The largest absolute Gasteiger partial charge is 0.495 e. The minimum atomic E-state index is -0.622. The van der Waals surface area contributed by atoms with Crippen LogP contribution in [-0.4, -0.2) is 30.5 Å². The molecular formula is C24H20ClNO5. The highest BCUT2D eigenvalue weighted by atomic mass is 35.5. The molecule has 6 nitrogen and oxygen atoms in total. The number of nitrogens with zero attached hydrogens (tertiary/aromatic N) is 1. The van der Waals surface area contributed by atoms with Crippen LogP contribution in [-0.2, 0) is 16.1 Å². The molecule has 0 radical (unpaired) electrons. The van der Waals surface area contributed by atoms with Crippen molar-refractivity contribution in [1.29, 1.82) is 0 Å². The number of carbonyl (C=O) groups excluding carboxylic acids is 2. The standard InChI is InChI=1S/C24H20ClNO5/c1-29-23-11-8-18(14-21(23)25)22(27)16-31-24(28)12-7-17-5-9-20(10-6-17)30-15-19-4-2-3-13-26-19/h2-14H,15-16H2,1H3/b12-7+. The Morgan fingerprint density at radius 1 is 1.06 bits per heavy atom. The SMILES string of the molecule is COc1ccc(C(=O)COC(=O)/C=C/c2ccc(OCc3ccccn3)cc2)cc1Cl. The zero-order chi connectivity index (χ0) is 22.1. The first-order valence-electron chi connectivity index (χ1n) is 9.39. The number of ether oxygens (including phenoxy) is 3. The van der Waals surface area contributed by atoms with E-state index in [1.807, 2.05) is 30.3 Å². The second kappa shape index (κ2) is 10.9. The normalized spacial score (nSPS) is 10.6. The number of benzene rings is 2. The lowest BCUT2D eigenvalue weighted by atomic mass is 10.1. The van der Waals surface area contributed by atoms with Gasteiger partial charge in [-0.05, 0) is 54.1 Å². The Kier molecular flexibility index (Phi) is 7.79. The van der Waals surface area contributed by atoms with E-state index in [4.69, 9.17) is 25.8 Å². The van der Waals surface area contributed by atoms with E-state index < -0.39 is 5.97 Å². The van der Waals surface area contributed by atoms with Gasteiger partial charge in [0.15, 0.2) is 12.4 Å². The highest BCUT2D eigenvalue weighted by Crippen LogP contribution is 2.25. The Balaban J connectivity index is 1.47. The summed E-state index contributed by atoms with van der Waals surface area (Å²) >= 11 is 6.01. The van der Waals surface area contributed by atoms with Crippen molar-refractivity contribution >= 4 is 29.4 Å². The molecule has 0 unspecified atom stereocenters. The van der Waals surface area contributed by atoms with Crippen molar-refractivity contribution in [3.05, 3.63) is 94.8 Å². The Bertz CT molecular complexity index is 1070. The van der Waals surface area contributed by atoms with Crippen molar-refractivity contribution in [2.24, 2.45) is 0 Å². The van der Waals surface area contributed by atoms with Crippen molar-refractivity contribution < 1.29 is 23.8 Å². The van der Waals surface area contributed by atoms with E-state index >= 15 is 0 Å². The molecule has 0 spiro atoms. The van der Waals surface area contributed by atoms with E-state index in [-0.39, 0.29) is 12.4 Å². The third-order valence-electron chi connectivity index (χ3n) is 4.22. The molecule has 1 heterocycles. The lowest BCUT2D eigenvalue weighted by molar-refractivity contribution is -0.136. The maximum absolute atomic E-state index is 12.2. The minimum absolute atomic E-state index is 0.312. The number of hydrogen-bond donors (Lipinski definition) is 0. The number of aromatic nitrogens is 1. The summed E-state index contributed by atoms with van der Waals surface area (Å²) in [6, 6.07) is 17.5. The third kappa shape index (κ3) is 6.69. The van der Waals surface area contributed by atoms with E-state index in [9.17, 15) is 9.59 Å². The first kappa shape index (κ1) is 22.1. The van der Waals surface area contributed by atoms with Gasteiger partial charge in [0.2, 0.25) is 0 Å². The molecule has 0 N–H and O–H groups in total. The molecule has 0 saturated carbocycles. The molecule has 3 rings (SSSR count). The molecular weight excluding hydrogens is 418 g/mol. The summed E-state index contributed by atoms with van der Waals surface area (Å²) < 4.78 is 15.7. The number of pyridine rings is 1. The van der Waals surface area contributed by atoms with Crippen molar-refractivity contribution in [2.45, 2.75) is 6.61 Å². The summed E-state index contributed by atoms with van der Waals surface area (Å²) in [6.07, 6.45) is 4.57. The Hall–Kier alpha value is -3.64. The number of esters is 1. The number of carbonyl (C=O) groups is 2. The lowest BCUT2D eigenvalue weighted by Crippen LogP contribution is -2.12. The van der Waals surface area contributed by atoms with Crippen molar-refractivity contribution in [3.63, 3.8) is 0 Å². The number of ketones is 1. The van der Waals surface area contributed by atoms with Gasteiger partial charge in [-0.25, -0.2) is 4.79 Å². The zero-order valence-corrected chi connectivity index (χ0v) is 17.5. The van der Waals surface area contributed by atoms with Crippen LogP contribution in [0.25, 0.3) is 6.08 Å². The molecule has 3 aromatic rings. The predicted octanol–water partition coefficient (Wildman–Crippen LogP) is 4.76. The van der Waals surface area contributed by atoms with Gasteiger partial charge in [-0.2, -0.15) is 0 Å². The third-order valence-corrected chi connectivity index (χ3v) is 4.52. The summed E-state index contributed by atoms with van der Waals surface area (Å²) in [4.78, 5) is 28.3. The zero-order valence-electron chi connectivity index (χ0n) is 16.8.